The minimum absolute atomic E-state index is 0.00359. The Morgan fingerprint density at radius 2 is 2.08 bits per heavy atom. The lowest BCUT2D eigenvalue weighted by atomic mass is 9.74. The van der Waals surface area contributed by atoms with Gasteiger partial charge in [0.05, 0.1) is 18.6 Å². The van der Waals surface area contributed by atoms with Crippen LogP contribution in [0.3, 0.4) is 0 Å². The predicted octanol–water partition coefficient (Wildman–Crippen LogP) is 4.15. The van der Waals surface area contributed by atoms with Crippen molar-refractivity contribution in [3.05, 3.63) is 58.0 Å². The smallest absolute Gasteiger partial charge is 0.234 e. The minimum atomic E-state index is -0.265. The van der Waals surface area contributed by atoms with Crippen molar-refractivity contribution in [2.24, 2.45) is 5.41 Å². The molecule has 24 heavy (non-hydrogen) atoms. The van der Waals surface area contributed by atoms with Crippen molar-refractivity contribution in [2.75, 3.05) is 13.1 Å². The Morgan fingerprint density at radius 3 is 2.67 bits per heavy atom. The fraction of sp³-hybridized carbons (Fsp3) is 0.421. The van der Waals surface area contributed by atoms with Gasteiger partial charge in [-0.1, -0.05) is 32.0 Å². The first kappa shape index (κ1) is 17.1. The maximum atomic E-state index is 13.0. The molecule has 1 aliphatic heterocycles. The van der Waals surface area contributed by atoms with E-state index in [1.807, 2.05) is 6.92 Å². The lowest BCUT2D eigenvalue weighted by Gasteiger charge is -2.53. The van der Waals surface area contributed by atoms with Crippen molar-refractivity contribution in [1.82, 2.24) is 10.2 Å². The van der Waals surface area contributed by atoms with E-state index >= 15 is 0 Å². The van der Waals surface area contributed by atoms with E-state index < -0.39 is 0 Å². The number of carbonyl (C=O) groups excluding carboxylic acids is 1. The zero-order valence-corrected chi connectivity index (χ0v) is 15.1. The number of halogens is 1. The standard InChI is InChI=1S/C19H23FN2OS/c1-13(14-6-8-15(20)9-7-14)21-17(23)11-22-12-19(2,3)18(22)16-5-4-10-24-16/h4-10,13,18H,11-12H2,1-3H3,(H,21,23). The third-order valence-corrected chi connectivity index (χ3v) is 5.55. The number of benzene rings is 1. The fourth-order valence-corrected chi connectivity index (χ4v) is 4.62. The molecule has 1 amide bonds. The third kappa shape index (κ3) is 3.52. The van der Waals surface area contributed by atoms with Crippen molar-refractivity contribution in [1.29, 1.82) is 0 Å². The molecule has 5 heteroatoms. The van der Waals surface area contributed by atoms with Gasteiger partial charge in [0.1, 0.15) is 5.82 Å². The molecule has 3 rings (SSSR count). The number of hydrogen-bond donors (Lipinski definition) is 1. The highest BCUT2D eigenvalue weighted by molar-refractivity contribution is 7.10. The summed E-state index contributed by atoms with van der Waals surface area (Å²) in [5.74, 6) is -0.261. The molecule has 3 nitrogen and oxygen atoms in total. The van der Waals surface area contributed by atoms with Crippen LogP contribution >= 0.6 is 11.3 Å². The lowest BCUT2D eigenvalue weighted by Crippen LogP contribution is -2.57. The van der Waals surface area contributed by atoms with Crippen LogP contribution in [0.2, 0.25) is 0 Å². The van der Waals surface area contributed by atoms with Gasteiger partial charge in [-0.05, 0) is 41.5 Å². The van der Waals surface area contributed by atoms with Gasteiger partial charge in [0, 0.05) is 11.4 Å². The Kier molecular flexibility index (Phi) is 4.74. The second-order valence-corrected chi connectivity index (χ2v) is 8.13. The molecule has 0 radical (unpaired) electrons. The van der Waals surface area contributed by atoms with Gasteiger partial charge in [0.15, 0.2) is 0 Å². The average molecular weight is 346 g/mol. The molecule has 2 heterocycles. The number of amides is 1. The molecular weight excluding hydrogens is 323 g/mol. The number of thiophene rings is 1. The minimum Gasteiger partial charge on any atom is -0.348 e. The van der Waals surface area contributed by atoms with E-state index in [-0.39, 0.29) is 23.2 Å². The molecule has 0 aliphatic carbocycles. The number of carbonyl (C=O) groups is 1. The summed E-state index contributed by atoms with van der Waals surface area (Å²) < 4.78 is 13.0. The summed E-state index contributed by atoms with van der Waals surface area (Å²) >= 11 is 1.74. The second-order valence-electron chi connectivity index (χ2n) is 7.15. The van der Waals surface area contributed by atoms with Crippen LogP contribution in [0.1, 0.15) is 43.3 Å². The molecule has 1 N–H and O–H groups in total. The molecule has 0 spiro atoms. The highest BCUT2D eigenvalue weighted by Gasteiger charge is 2.47. The highest BCUT2D eigenvalue weighted by Crippen LogP contribution is 2.49. The molecule has 1 aromatic heterocycles. The number of likely N-dealkylation sites (tertiary alicyclic amines) is 1. The van der Waals surface area contributed by atoms with Gasteiger partial charge < -0.3 is 5.32 Å². The Hall–Kier alpha value is -1.72. The van der Waals surface area contributed by atoms with Crippen LogP contribution in [0.25, 0.3) is 0 Å². The molecule has 1 saturated heterocycles. The van der Waals surface area contributed by atoms with E-state index in [2.05, 4.69) is 41.6 Å². The van der Waals surface area contributed by atoms with Crippen LogP contribution in [0.4, 0.5) is 4.39 Å². The second kappa shape index (κ2) is 6.65. The van der Waals surface area contributed by atoms with Crippen molar-refractivity contribution in [2.45, 2.75) is 32.9 Å². The third-order valence-electron chi connectivity index (χ3n) is 4.62. The quantitative estimate of drug-likeness (QED) is 0.882. The van der Waals surface area contributed by atoms with E-state index in [9.17, 15) is 9.18 Å². The van der Waals surface area contributed by atoms with Gasteiger partial charge in [0.25, 0.3) is 0 Å². The van der Waals surface area contributed by atoms with E-state index in [4.69, 9.17) is 0 Å². The molecule has 1 aromatic carbocycles. The average Bonchev–Trinajstić information content (AvgIpc) is 2.99. The van der Waals surface area contributed by atoms with Gasteiger partial charge in [-0.3, -0.25) is 9.69 Å². The zero-order chi connectivity index (χ0) is 17.3. The number of nitrogens with one attached hydrogen (secondary N) is 1. The Balaban J connectivity index is 1.60. The van der Waals surface area contributed by atoms with Crippen molar-refractivity contribution >= 4 is 17.2 Å². The number of rotatable bonds is 5. The van der Waals surface area contributed by atoms with E-state index in [0.717, 1.165) is 12.1 Å². The van der Waals surface area contributed by atoms with E-state index in [0.29, 0.717) is 12.6 Å². The molecule has 2 atom stereocenters. The summed E-state index contributed by atoms with van der Waals surface area (Å²) in [7, 11) is 0. The van der Waals surface area contributed by atoms with Crippen LogP contribution in [-0.2, 0) is 4.79 Å². The molecule has 2 unspecified atom stereocenters. The maximum absolute atomic E-state index is 13.0. The lowest BCUT2D eigenvalue weighted by molar-refractivity contribution is -0.130. The van der Waals surface area contributed by atoms with E-state index in [1.165, 1.54) is 17.0 Å². The first-order chi connectivity index (χ1) is 11.4. The van der Waals surface area contributed by atoms with Gasteiger partial charge in [0.2, 0.25) is 5.91 Å². The topological polar surface area (TPSA) is 32.3 Å². The maximum Gasteiger partial charge on any atom is 0.234 e. The fourth-order valence-electron chi connectivity index (χ4n) is 3.55. The summed E-state index contributed by atoms with van der Waals surface area (Å²) in [5, 5.41) is 5.09. The van der Waals surface area contributed by atoms with E-state index in [1.54, 1.807) is 23.5 Å². The summed E-state index contributed by atoms with van der Waals surface area (Å²) in [6, 6.07) is 10.6. The van der Waals surface area contributed by atoms with Crippen LogP contribution in [0, 0.1) is 11.2 Å². The Bertz CT molecular complexity index is 697. The number of hydrogen-bond acceptors (Lipinski definition) is 3. The van der Waals surface area contributed by atoms with Gasteiger partial charge >= 0.3 is 0 Å². The Morgan fingerprint density at radius 1 is 1.38 bits per heavy atom. The SMILES string of the molecule is CC(NC(=O)CN1CC(C)(C)C1c1cccs1)c1ccc(F)cc1. The molecule has 1 fully saturated rings. The van der Waals surface area contributed by atoms with Crippen molar-refractivity contribution < 1.29 is 9.18 Å². The normalized spacial score (nSPS) is 21.1. The first-order valence-electron chi connectivity index (χ1n) is 8.19. The van der Waals surface area contributed by atoms with Crippen LogP contribution in [0.5, 0.6) is 0 Å². The number of nitrogens with zero attached hydrogens (tertiary/aromatic N) is 1. The van der Waals surface area contributed by atoms with Gasteiger partial charge in [-0.25, -0.2) is 4.39 Å². The van der Waals surface area contributed by atoms with Crippen LogP contribution in [-0.4, -0.2) is 23.9 Å². The van der Waals surface area contributed by atoms with Crippen LogP contribution in [0.15, 0.2) is 41.8 Å². The van der Waals surface area contributed by atoms with Gasteiger partial charge in [-0.15, -0.1) is 11.3 Å². The molecule has 0 bridgehead atoms. The molecule has 0 saturated carbocycles. The monoisotopic (exact) mass is 346 g/mol. The molecular formula is C19H23FN2OS. The molecule has 128 valence electrons. The Labute approximate surface area is 146 Å². The summed E-state index contributed by atoms with van der Waals surface area (Å²) in [5.41, 5.74) is 1.09. The molecule has 2 aromatic rings. The van der Waals surface area contributed by atoms with Crippen molar-refractivity contribution in [3.63, 3.8) is 0 Å². The summed E-state index contributed by atoms with van der Waals surface area (Å²) in [6.07, 6.45) is 0. The largest absolute Gasteiger partial charge is 0.348 e. The van der Waals surface area contributed by atoms with Gasteiger partial charge in [-0.2, -0.15) is 0 Å². The zero-order valence-electron chi connectivity index (χ0n) is 14.3. The first-order valence-corrected chi connectivity index (χ1v) is 9.07. The highest BCUT2D eigenvalue weighted by atomic mass is 32.1. The predicted molar refractivity (Wildman–Crippen MR) is 95.4 cm³/mol. The summed E-state index contributed by atoms with van der Waals surface area (Å²) in [6.45, 7) is 7.70. The van der Waals surface area contributed by atoms with Crippen molar-refractivity contribution in [3.8, 4) is 0 Å². The molecule has 1 aliphatic rings. The summed E-state index contributed by atoms with van der Waals surface area (Å²) in [4.78, 5) is 15.9. The van der Waals surface area contributed by atoms with Crippen LogP contribution < -0.4 is 5.32 Å².